The lowest BCUT2D eigenvalue weighted by atomic mass is 10.1. The van der Waals surface area contributed by atoms with Gasteiger partial charge in [-0.25, -0.2) is 0 Å². The minimum absolute atomic E-state index is 0.903. The van der Waals surface area contributed by atoms with Crippen molar-refractivity contribution in [2.75, 3.05) is 59.5 Å². The summed E-state index contributed by atoms with van der Waals surface area (Å²) in [6.07, 6.45) is 1.10. The molecule has 1 aliphatic rings. The Bertz CT molecular complexity index is 347. The van der Waals surface area contributed by atoms with Gasteiger partial charge in [0, 0.05) is 52.5 Å². The number of benzene rings is 1. The normalized spacial score (nSPS) is 17.4. The van der Waals surface area contributed by atoms with E-state index in [1.807, 2.05) is 0 Å². The molecule has 0 aromatic heterocycles. The van der Waals surface area contributed by atoms with E-state index in [1.165, 1.54) is 31.7 Å². The maximum absolute atomic E-state index is 3.46. The molecule has 1 heterocycles. The summed E-state index contributed by atoms with van der Waals surface area (Å²) in [4.78, 5) is 4.94. The van der Waals surface area contributed by atoms with Gasteiger partial charge in [-0.15, -0.1) is 0 Å². The van der Waals surface area contributed by atoms with Crippen LogP contribution in [0.2, 0.25) is 0 Å². The zero-order chi connectivity index (χ0) is 14.0. The zero-order valence-corrected chi connectivity index (χ0v) is 12.6. The van der Waals surface area contributed by atoms with Crippen molar-refractivity contribution in [3.8, 4) is 0 Å². The van der Waals surface area contributed by atoms with Crippen LogP contribution in [0.1, 0.15) is 5.56 Å². The Labute approximate surface area is 123 Å². The lowest BCUT2D eigenvalue weighted by Gasteiger charge is -2.32. The van der Waals surface area contributed by atoms with Gasteiger partial charge in [0.25, 0.3) is 0 Å². The third-order valence-corrected chi connectivity index (χ3v) is 3.88. The molecule has 1 aromatic rings. The highest BCUT2D eigenvalue weighted by Crippen LogP contribution is 1.98. The fourth-order valence-electron chi connectivity index (χ4n) is 2.45. The van der Waals surface area contributed by atoms with Crippen molar-refractivity contribution in [2.45, 2.75) is 6.42 Å². The molecule has 0 saturated carbocycles. The van der Waals surface area contributed by atoms with Gasteiger partial charge >= 0.3 is 0 Å². The van der Waals surface area contributed by atoms with Gasteiger partial charge in [0.1, 0.15) is 0 Å². The molecule has 1 saturated heterocycles. The molecule has 1 fully saturated rings. The summed E-state index contributed by atoms with van der Waals surface area (Å²) in [7, 11) is 2.20. The van der Waals surface area contributed by atoms with Crippen LogP contribution in [-0.4, -0.2) is 69.3 Å². The van der Waals surface area contributed by atoms with Crippen molar-refractivity contribution < 1.29 is 0 Å². The molecule has 2 N–H and O–H groups in total. The van der Waals surface area contributed by atoms with Gasteiger partial charge < -0.3 is 15.5 Å². The van der Waals surface area contributed by atoms with Crippen molar-refractivity contribution in [2.24, 2.45) is 0 Å². The van der Waals surface area contributed by atoms with Crippen LogP contribution in [0.4, 0.5) is 0 Å². The average Bonchev–Trinajstić information content (AvgIpc) is 2.49. The van der Waals surface area contributed by atoms with Crippen LogP contribution in [-0.2, 0) is 6.42 Å². The molecular weight excluding hydrogens is 248 g/mol. The van der Waals surface area contributed by atoms with Crippen LogP contribution in [0.3, 0.4) is 0 Å². The van der Waals surface area contributed by atoms with E-state index in [1.54, 1.807) is 0 Å². The molecular formula is C16H28N4. The molecule has 1 aliphatic heterocycles. The fourth-order valence-corrected chi connectivity index (χ4v) is 2.45. The summed E-state index contributed by atoms with van der Waals surface area (Å²) in [5.74, 6) is 0. The number of hydrogen-bond donors (Lipinski definition) is 2. The average molecular weight is 276 g/mol. The van der Waals surface area contributed by atoms with Crippen LogP contribution in [0.5, 0.6) is 0 Å². The molecule has 20 heavy (non-hydrogen) atoms. The quantitative estimate of drug-likeness (QED) is 0.538. The van der Waals surface area contributed by atoms with E-state index >= 15 is 0 Å². The van der Waals surface area contributed by atoms with Crippen molar-refractivity contribution >= 4 is 0 Å². The Morgan fingerprint density at radius 2 is 1.65 bits per heavy atom. The number of hydrogen-bond acceptors (Lipinski definition) is 4. The van der Waals surface area contributed by atoms with E-state index in [0.717, 1.165) is 32.7 Å². The molecule has 0 radical (unpaired) electrons. The van der Waals surface area contributed by atoms with E-state index in [2.05, 4.69) is 57.8 Å². The number of nitrogens with zero attached hydrogens (tertiary/aromatic N) is 2. The van der Waals surface area contributed by atoms with Crippen molar-refractivity contribution in [3.05, 3.63) is 35.9 Å². The third-order valence-electron chi connectivity index (χ3n) is 3.88. The minimum atomic E-state index is 0.903. The molecule has 0 aliphatic carbocycles. The molecule has 2 rings (SSSR count). The number of nitrogens with one attached hydrogen (secondary N) is 2. The Kier molecular flexibility index (Phi) is 7.01. The van der Waals surface area contributed by atoms with Crippen LogP contribution in [0.25, 0.3) is 0 Å². The van der Waals surface area contributed by atoms with E-state index in [4.69, 9.17) is 0 Å². The Morgan fingerprint density at radius 3 is 2.40 bits per heavy atom. The molecule has 0 spiro atoms. The number of rotatable bonds is 8. The summed E-state index contributed by atoms with van der Waals surface area (Å²) in [5, 5.41) is 6.90. The highest BCUT2D eigenvalue weighted by atomic mass is 15.2. The summed E-state index contributed by atoms with van der Waals surface area (Å²) in [6.45, 7) is 8.99. The monoisotopic (exact) mass is 276 g/mol. The smallest absolute Gasteiger partial charge is 0.0454 e. The molecule has 1 aromatic carbocycles. The third kappa shape index (κ3) is 6.01. The first kappa shape index (κ1) is 15.4. The maximum Gasteiger partial charge on any atom is 0.0454 e. The first-order valence-electron chi connectivity index (χ1n) is 7.71. The van der Waals surface area contributed by atoms with Crippen LogP contribution in [0, 0.1) is 0 Å². The van der Waals surface area contributed by atoms with E-state index < -0.39 is 0 Å². The Balaban J connectivity index is 1.42. The summed E-state index contributed by atoms with van der Waals surface area (Å²) in [6, 6.07) is 10.6. The summed E-state index contributed by atoms with van der Waals surface area (Å²) >= 11 is 0. The van der Waals surface area contributed by atoms with Gasteiger partial charge in [0.05, 0.1) is 0 Å². The lowest BCUT2D eigenvalue weighted by Crippen LogP contribution is -2.47. The fraction of sp³-hybridized carbons (Fsp3) is 0.625. The van der Waals surface area contributed by atoms with Crippen molar-refractivity contribution in [1.82, 2.24) is 20.4 Å². The Morgan fingerprint density at radius 1 is 0.950 bits per heavy atom. The largest absolute Gasteiger partial charge is 0.304 e. The molecule has 0 atom stereocenters. The van der Waals surface area contributed by atoms with Crippen molar-refractivity contribution in [3.63, 3.8) is 0 Å². The van der Waals surface area contributed by atoms with Gasteiger partial charge in [-0.05, 0) is 19.0 Å². The molecule has 0 unspecified atom stereocenters. The second kappa shape index (κ2) is 9.08. The highest BCUT2D eigenvalue weighted by Gasteiger charge is 2.12. The van der Waals surface area contributed by atoms with Gasteiger partial charge in [0.15, 0.2) is 0 Å². The van der Waals surface area contributed by atoms with E-state index in [-0.39, 0.29) is 0 Å². The number of piperazine rings is 1. The highest BCUT2D eigenvalue weighted by molar-refractivity contribution is 5.14. The molecule has 4 nitrogen and oxygen atoms in total. The zero-order valence-electron chi connectivity index (χ0n) is 12.6. The van der Waals surface area contributed by atoms with Gasteiger partial charge in [-0.1, -0.05) is 30.3 Å². The predicted molar refractivity (Wildman–Crippen MR) is 85.0 cm³/mol. The van der Waals surface area contributed by atoms with E-state index in [0.29, 0.717) is 0 Å². The lowest BCUT2D eigenvalue weighted by molar-refractivity contribution is 0.154. The summed E-state index contributed by atoms with van der Waals surface area (Å²) < 4.78 is 0. The molecule has 4 heteroatoms. The molecule has 0 amide bonds. The first-order valence-corrected chi connectivity index (χ1v) is 7.71. The van der Waals surface area contributed by atoms with Crippen LogP contribution in [0.15, 0.2) is 30.3 Å². The van der Waals surface area contributed by atoms with E-state index in [9.17, 15) is 0 Å². The second-order valence-corrected chi connectivity index (χ2v) is 5.56. The predicted octanol–water partition coefficient (Wildman–Crippen LogP) is 0.613. The van der Waals surface area contributed by atoms with Crippen LogP contribution >= 0.6 is 0 Å². The van der Waals surface area contributed by atoms with Gasteiger partial charge in [-0.2, -0.15) is 0 Å². The molecule has 0 bridgehead atoms. The topological polar surface area (TPSA) is 30.5 Å². The first-order chi connectivity index (χ1) is 9.84. The van der Waals surface area contributed by atoms with Crippen molar-refractivity contribution in [1.29, 1.82) is 0 Å². The molecule has 112 valence electrons. The number of likely N-dealkylation sites (N-methyl/N-ethyl adjacent to an activating group) is 1. The maximum atomic E-state index is 3.46. The van der Waals surface area contributed by atoms with Gasteiger partial charge in [0.2, 0.25) is 0 Å². The van der Waals surface area contributed by atoms with Gasteiger partial charge in [-0.3, -0.25) is 4.90 Å². The second-order valence-electron chi connectivity index (χ2n) is 5.56. The standard InChI is InChI=1S/C16H28N4/c1-19-11-13-20(14-12-19)10-9-18-15-17-8-7-16-5-3-2-4-6-16/h2-6,17-18H,7-15H2,1H3. The van der Waals surface area contributed by atoms with Crippen LogP contribution < -0.4 is 10.6 Å². The SMILES string of the molecule is CN1CCN(CCNCNCCc2ccccc2)CC1. The Hall–Kier alpha value is -0.940. The minimum Gasteiger partial charge on any atom is -0.304 e. The summed E-state index contributed by atoms with van der Waals surface area (Å²) in [5.41, 5.74) is 1.40.